The minimum Gasteiger partial charge on any atom is -0.491 e. The molecule has 0 saturated heterocycles. The van der Waals surface area contributed by atoms with Crippen molar-refractivity contribution in [1.29, 1.82) is 0 Å². The molecule has 0 fully saturated rings. The molecule has 1 aromatic heterocycles. The summed E-state index contributed by atoms with van der Waals surface area (Å²) in [7, 11) is 0. The number of hydrogen-bond acceptors (Lipinski definition) is 4. The minimum absolute atomic E-state index is 0.0661. The first-order valence-corrected chi connectivity index (χ1v) is 7.73. The van der Waals surface area contributed by atoms with Gasteiger partial charge in [0.05, 0.1) is 6.54 Å². The molecule has 0 aromatic carbocycles. The van der Waals surface area contributed by atoms with Crippen molar-refractivity contribution in [3.05, 3.63) is 45.7 Å². The fourth-order valence-corrected chi connectivity index (χ4v) is 2.42. The molecule has 0 bridgehead atoms. The molecule has 1 aliphatic heterocycles. The Hall–Kier alpha value is -1.75. The normalized spacial score (nSPS) is 18.3. The van der Waals surface area contributed by atoms with Gasteiger partial charge in [-0.05, 0) is 12.8 Å². The van der Waals surface area contributed by atoms with Crippen LogP contribution in [0.2, 0.25) is 0 Å². The maximum Gasteiger partial charge on any atom is 0.186 e. The Labute approximate surface area is 125 Å². The van der Waals surface area contributed by atoms with Crippen LogP contribution in [0.5, 0.6) is 0 Å². The van der Waals surface area contributed by atoms with Crippen LogP contribution in [-0.2, 0) is 11.3 Å². The van der Waals surface area contributed by atoms with Gasteiger partial charge >= 0.3 is 0 Å². The SMILES string of the molecule is CCC1=C(CCNCc2c[nH]ccc2=O)OC(CC)CN1. The average molecular weight is 291 g/mol. The van der Waals surface area contributed by atoms with E-state index in [9.17, 15) is 4.79 Å². The van der Waals surface area contributed by atoms with Crippen LogP contribution in [-0.4, -0.2) is 24.2 Å². The summed E-state index contributed by atoms with van der Waals surface area (Å²) in [6.07, 6.45) is 6.49. The van der Waals surface area contributed by atoms with Crippen molar-refractivity contribution < 1.29 is 4.74 Å². The fourth-order valence-electron chi connectivity index (χ4n) is 2.42. The van der Waals surface area contributed by atoms with Crippen molar-refractivity contribution in [1.82, 2.24) is 15.6 Å². The Balaban J connectivity index is 1.83. The van der Waals surface area contributed by atoms with Crippen molar-refractivity contribution in [3.8, 4) is 0 Å². The highest BCUT2D eigenvalue weighted by molar-refractivity contribution is 5.11. The summed E-state index contributed by atoms with van der Waals surface area (Å²) in [4.78, 5) is 14.5. The van der Waals surface area contributed by atoms with Gasteiger partial charge in [-0.3, -0.25) is 4.79 Å². The zero-order valence-corrected chi connectivity index (χ0v) is 12.9. The Morgan fingerprint density at radius 2 is 2.29 bits per heavy atom. The van der Waals surface area contributed by atoms with E-state index in [1.54, 1.807) is 18.5 Å². The second-order valence-corrected chi connectivity index (χ2v) is 5.24. The van der Waals surface area contributed by atoms with Gasteiger partial charge in [-0.25, -0.2) is 0 Å². The number of rotatable bonds is 7. The standard InChI is InChI=1S/C16H25N3O2/c1-3-13-11-19-14(4-2)16(21-13)6-8-18-10-12-9-17-7-5-15(12)20/h5,7,9,13,18-19H,3-4,6,8,10-11H2,1-2H3,(H,17,20). The van der Waals surface area contributed by atoms with Crippen LogP contribution in [0.3, 0.4) is 0 Å². The zero-order valence-electron chi connectivity index (χ0n) is 12.9. The third kappa shape index (κ3) is 4.36. The van der Waals surface area contributed by atoms with Crippen LogP contribution in [0.25, 0.3) is 0 Å². The predicted molar refractivity (Wildman–Crippen MR) is 83.9 cm³/mol. The lowest BCUT2D eigenvalue weighted by Crippen LogP contribution is -2.35. The first-order chi connectivity index (χ1) is 10.2. The Morgan fingerprint density at radius 3 is 3.00 bits per heavy atom. The second kappa shape index (κ2) is 7.88. The highest BCUT2D eigenvalue weighted by Crippen LogP contribution is 2.19. The Bertz CT molecular complexity index is 536. The highest BCUT2D eigenvalue weighted by atomic mass is 16.5. The quantitative estimate of drug-likeness (QED) is 0.671. The molecule has 0 radical (unpaired) electrons. The van der Waals surface area contributed by atoms with E-state index in [4.69, 9.17) is 4.74 Å². The molecule has 21 heavy (non-hydrogen) atoms. The summed E-state index contributed by atoms with van der Waals surface area (Å²) in [6.45, 7) is 6.55. The van der Waals surface area contributed by atoms with Crippen molar-refractivity contribution in [2.24, 2.45) is 0 Å². The number of aromatic amines is 1. The minimum atomic E-state index is 0.0661. The molecule has 0 saturated carbocycles. The molecule has 2 heterocycles. The predicted octanol–water partition coefficient (Wildman–Crippen LogP) is 1.87. The Morgan fingerprint density at radius 1 is 1.43 bits per heavy atom. The maximum absolute atomic E-state index is 11.6. The van der Waals surface area contributed by atoms with Gasteiger partial charge in [0.2, 0.25) is 0 Å². The first kappa shape index (κ1) is 15.6. The lowest BCUT2D eigenvalue weighted by molar-refractivity contribution is 0.0860. The number of aromatic nitrogens is 1. The zero-order chi connectivity index (χ0) is 15.1. The van der Waals surface area contributed by atoms with Gasteiger partial charge in [0.15, 0.2) is 5.43 Å². The van der Waals surface area contributed by atoms with Gasteiger partial charge in [0.25, 0.3) is 0 Å². The molecule has 2 rings (SSSR count). The molecule has 3 N–H and O–H groups in total. The molecule has 1 aromatic rings. The van der Waals surface area contributed by atoms with Crippen molar-refractivity contribution in [3.63, 3.8) is 0 Å². The summed E-state index contributed by atoms with van der Waals surface area (Å²) in [6, 6.07) is 1.55. The lowest BCUT2D eigenvalue weighted by Gasteiger charge is -2.29. The van der Waals surface area contributed by atoms with E-state index in [1.807, 2.05) is 0 Å². The lowest BCUT2D eigenvalue weighted by atomic mass is 10.1. The summed E-state index contributed by atoms with van der Waals surface area (Å²) < 4.78 is 6.02. The molecule has 0 spiro atoms. The van der Waals surface area contributed by atoms with E-state index in [0.29, 0.717) is 6.54 Å². The molecule has 116 valence electrons. The van der Waals surface area contributed by atoms with Crippen LogP contribution < -0.4 is 16.1 Å². The summed E-state index contributed by atoms with van der Waals surface area (Å²) in [5, 5.41) is 6.76. The van der Waals surface area contributed by atoms with E-state index in [0.717, 1.165) is 43.7 Å². The highest BCUT2D eigenvalue weighted by Gasteiger charge is 2.18. The van der Waals surface area contributed by atoms with Gasteiger partial charge in [-0.15, -0.1) is 0 Å². The molecular formula is C16H25N3O2. The van der Waals surface area contributed by atoms with E-state index in [2.05, 4.69) is 29.5 Å². The summed E-state index contributed by atoms with van der Waals surface area (Å²) in [5.74, 6) is 1.06. The van der Waals surface area contributed by atoms with Gasteiger partial charge in [0.1, 0.15) is 11.9 Å². The van der Waals surface area contributed by atoms with Crippen LogP contribution in [0.15, 0.2) is 34.7 Å². The number of allylic oxidation sites excluding steroid dienone is 1. The molecular weight excluding hydrogens is 266 g/mol. The van der Waals surface area contributed by atoms with Gasteiger partial charge in [-0.2, -0.15) is 0 Å². The molecule has 0 amide bonds. The van der Waals surface area contributed by atoms with Crippen LogP contribution >= 0.6 is 0 Å². The molecule has 1 aliphatic rings. The second-order valence-electron chi connectivity index (χ2n) is 5.24. The average Bonchev–Trinajstić information content (AvgIpc) is 2.52. The molecule has 0 aliphatic carbocycles. The van der Waals surface area contributed by atoms with E-state index in [1.165, 1.54) is 5.70 Å². The van der Waals surface area contributed by atoms with E-state index >= 15 is 0 Å². The van der Waals surface area contributed by atoms with E-state index < -0.39 is 0 Å². The number of pyridine rings is 1. The summed E-state index contributed by atoms with van der Waals surface area (Å²) in [5.41, 5.74) is 2.03. The molecule has 5 heteroatoms. The van der Waals surface area contributed by atoms with Crippen molar-refractivity contribution in [2.75, 3.05) is 13.1 Å². The Kier molecular flexibility index (Phi) is 5.87. The van der Waals surface area contributed by atoms with Gasteiger partial charge in [0, 0.05) is 49.2 Å². The third-order valence-corrected chi connectivity index (χ3v) is 3.75. The number of H-pyrrole nitrogens is 1. The van der Waals surface area contributed by atoms with Crippen molar-refractivity contribution >= 4 is 0 Å². The number of hydrogen-bond donors (Lipinski definition) is 3. The number of ether oxygens (including phenoxy) is 1. The first-order valence-electron chi connectivity index (χ1n) is 7.73. The molecule has 1 unspecified atom stereocenters. The van der Waals surface area contributed by atoms with Gasteiger partial charge in [-0.1, -0.05) is 13.8 Å². The largest absolute Gasteiger partial charge is 0.491 e. The smallest absolute Gasteiger partial charge is 0.186 e. The fraction of sp³-hybridized carbons (Fsp3) is 0.562. The van der Waals surface area contributed by atoms with Crippen molar-refractivity contribution in [2.45, 2.75) is 45.8 Å². The van der Waals surface area contributed by atoms with Crippen LogP contribution in [0.1, 0.15) is 38.7 Å². The van der Waals surface area contributed by atoms with Crippen LogP contribution in [0.4, 0.5) is 0 Å². The topological polar surface area (TPSA) is 66.2 Å². The molecule has 1 atom stereocenters. The third-order valence-electron chi connectivity index (χ3n) is 3.75. The van der Waals surface area contributed by atoms with Gasteiger partial charge < -0.3 is 20.4 Å². The maximum atomic E-state index is 11.6. The van der Waals surface area contributed by atoms with E-state index in [-0.39, 0.29) is 11.5 Å². The molecule has 5 nitrogen and oxygen atoms in total. The number of nitrogens with one attached hydrogen (secondary N) is 3. The monoisotopic (exact) mass is 291 g/mol. The van der Waals surface area contributed by atoms with Crippen LogP contribution in [0, 0.1) is 0 Å². The summed E-state index contributed by atoms with van der Waals surface area (Å²) >= 11 is 0.